The predicted molar refractivity (Wildman–Crippen MR) is 53.0 cm³/mol. The summed E-state index contributed by atoms with van der Waals surface area (Å²) in [6.45, 7) is -0.924. The minimum absolute atomic E-state index is 0.266. The molecule has 1 heterocycles. The number of rotatable bonds is 1. The summed E-state index contributed by atoms with van der Waals surface area (Å²) in [5.74, 6) is 0. The van der Waals surface area contributed by atoms with Crippen LogP contribution in [0.3, 0.4) is 0 Å². The van der Waals surface area contributed by atoms with Gasteiger partial charge in [0.15, 0.2) is 0 Å². The van der Waals surface area contributed by atoms with Crippen LogP contribution in [0.15, 0.2) is 18.2 Å². The van der Waals surface area contributed by atoms with Gasteiger partial charge in [0.2, 0.25) is 0 Å². The molecule has 1 aliphatic rings. The van der Waals surface area contributed by atoms with Gasteiger partial charge in [0.1, 0.15) is 0 Å². The number of fused-ring (bicyclic) bond motifs is 1. The lowest BCUT2D eigenvalue weighted by atomic mass is 9.78. The van der Waals surface area contributed by atoms with Crippen molar-refractivity contribution in [3.8, 4) is 0 Å². The zero-order valence-electron chi connectivity index (χ0n) is 8.56. The third-order valence-electron chi connectivity index (χ3n) is 2.74. The van der Waals surface area contributed by atoms with Crippen molar-refractivity contribution in [2.45, 2.75) is 26.1 Å². The normalized spacial score (nSPS) is 19.0. The fourth-order valence-electron chi connectivity index (χ4n) is 1.86. The van der Waals surface area contributed by atoms with Crippen LogP contribution < -0.4 is 5.46 Å². The Hall–Kier alpha value is -0.965. The Bertz CT molecular complexity index is 398. The van der Waals surface area contributed by atoms with Crippen LogP contribution in [0, 0.1) is 0 Å². The third kappa shape index (κ3) is 1.76. The summed E-state index contributed by atoms with van der Waals surface area (Å²) in [6, 6.07) is 3.85. The van der Waals surface area contributed by atoms with Crippen molar-refractivity contribution in [3.63, 3.8) is 0 Å². The van der Waals surface area contributed by atoms with Crippen LogP contribution in [0.4, 0.5) is 12.9 Å². The fraction of sp³-hybridized carbons (Fsp3) is 0.400. The summed E-state index contributed by atoms with van der Waals surface area (Å²) in [6.07, 6.45) is 0. The van der Waals surface area contributed by atoms with Gasteiger partial charge in [-0.3, -0.25) is 0 Å². The molecule has 0 aromatic heterocycles. The molecule has 1 nitrogen and oxygen atoms in total. The number of hydrogen-bond acceptors (Lipinski definition) is 1. The molecule has 1 aliphatic heterocycles. The maximum atomic E-state index is 12.5. The SMILES string of the molecule is CC1(C)OCc2cc([B-](F)(F)F)ccc21. The zero-order chi connectivity index (χ0) is 11.3. The molecule has 0 unspecified atom stereocenters. The van der Waals surface area contributed by atoms with E-state index in [1.165, 1.54) is 12.1 Å². The first-order chi connectivity index (χ1) is 6.81. The van der Waals surface area contributed by atoms with Gasteiger partial charge in [0.05, 0.1) is 12.2 Å². The van der Waals surface area contributed by atoms with Crippen LogP contribution in [0.2, 0.25) is 0 Å². The molecule has 0 aliphatic carbocycles. The van der Waals surface area contributed by atoms with E-state index >= 15 is 0 Å². The van der Waals surface area contributed by atoms with Gasteiger partial charge in [0, 0.05) is 0 Å². The maximum absolute atomic E-state index is 12.5. The quantitative estimate of drug-likeness (QED) is 0.654. The molecule has 0 fully saturated rings. The largest absolute Gasteiger partial charge is 0.509 e. The smallest absolute Gasteiger partial charge is 0.445 e. The molecule has 5 heteroatoms. The van der Waals surface area contributed by atoms with Gasteiger partial charge >= 0.3 is 6.98 Å². The molecule has 0 bridgehead atoms. The van der Waals surface area contributed by atoms with E-state index in [4.69, 9.17) is 4.74 Å². The number of ether oxygens (including phenoxy) is 1. The Morgan fingerprint density at radius 2 is 1.93 bits per heavy atom. The van der Waals surface area contributed by atoms with Gasteiger partial charge in [-0.05, 0) is 25.0 Å². The van der Waals surface area contributed by atoms with E-state index in [1.54, 1.807) is 0 Å². The van der Waals surface area contributed by atoms with Gasteiger partial charge in [0.25, 0.3) is 0 Å². The first-order valence-electron chi connectivity index (χ1n) is 4.78. The summed E-state index contributed by atoms with van der Waals surface area (Å²) in [5, 5.41) is 0. The van der Waals surface area contributed by atoms with Crippen LogP contribution in [-0.4, -0.2) is 6.98 Å². The topological polar surface area (TPSA) is 9.23 Å². The third-order valence-corrected chi connectivity index (χ3v) is 2.74. The molecule has 0 amide bonds. The Morgan fingerprint density at radius 3 is 2.53 bits per heavy atom. The Morgan fingerprint density at radius 1 is 1.27 bits per heavy atom. The molecule has 0 spiro atoms. The lowest BCUT2D eigenvalue weighted by Crippen LogP contribution is -2.34. The monoisotopic (exact) mass is 215 g/mol. The van der Waals surface area contributed by atoms with Crippen molar-refractivity contribution in [2.75, 3.05) is 0 Å². The molecule has 1 aromatic carbocycles. The molecule has 0 saturated heterocycles. The van der Waals surface area contributed by atoms with Crippen molar-refractivity contribution in [3.05, 3.63) is 29.3 Å². The first kappa shape index (κ1) is 10.5. The van der Waals surface area contributed by atoms with Crippen LogP contribution >= 0.6 is 0 Å². The summed E-state index contributed by atoms with van der Waals surface area (Å²) in [5.41, 5.74) is 0.491. The van der Waals surface area contributed by atoms with E-state index in [2.05, 4.69) is 0 Å². The summed E-state index contributed by atoms with van der Waals surface area (Å²) in [7, 11) is 0. The molecular weight excluding hydrogens is 204 g/mol. The Kier molecular flexibility index (Phi) is 2.12. The average molecular weight is 215 g/mol. The number of benzene rings is 1. The van der Waals surface area contributed by atoms with Gasteiger partial charge in [-0.15, -0.1) is 5.46 Å². The van der Waals surface area contributed by atoms with E-state index < -0.39 is 18.0 Å². The predicted octanol–water partition coefficient (Wildman–Crippen LogP) is 2.51. The minimum atomic E-state index is -4.91. The van der Waals surface area contributed by atoms with Crippen molar-refractivity contribution in [1.29, 1.82) is 0 Å². The standard InChI is InChI=1S/C10H11BF3O/c1-10(2)9-4-3-8(11(12,13)14)5-7(9)6-15-10/h3-5H,6H2,1-2H3/q-1. The van der Waals surface area contributed by atoms with Gasteiger partial charge in [-0.1, -0.05) is 18.2 Å². The van der Waals surface area contributed by atoms with Crippen LogP contribution in [-0.2, 0) is 16.9 Å². The van der Waals surface area contributed by atoms with Crippen molar-refractivity contribution >= 4 is 12.4 Å². The molecule has 82 valence electrons. The Labute approximate surface area is 86.3 Å². The van der Waals surface area contributed by atoms with Crippen molar-refractivity contribution in [2.24, 2.45) is 0 Å². The maximum Gasteiger partial charge on any atom is 0.509 e. The number of hydrogen-bond donors (Lipinski definition) is 0. The first-order valence-corrected chi connectivity index (χ1v) is 4.78. The fourth-order valence-corrected chi connectivity index (χ4v) is 1.86. The highest BCUT2D eigenvalue weighted by Gasteiger charge is 2.33. The van der Waals surface area contributed by atoms with Crippen LogP contribution in [0.1, 0.15) is 25.0 Å². The van der Waals surface area contributed by atoms with E-state index in [0.717, 1.165) is 11.6 Å². The lowest BCUT2D eigenvalue weighted by molar-refractivity contribution is -0.00789. The molecule has 1 aromatic rings. The molecule has 0 N–H and O–H groups in total. The second kappa shape index (κ2) is 3.01. The summed E-state index contributed by atoms with van der Waals surface area (Å²) >= 11 is 0. The average Bonchev–Trinajstić information content (AvgIpc) is 2.41. The minimum Gasteiger partial charge on any atom is -0.445 e. The van der Waals surface area contributed by atoms with Gasteiger partial charge in [-0.2, -0.15) is 0 Å². The lowest BCUT2D eigenvalue weighted by Gasteiger charge is -2.20. The van der Waals surface area contributed by atoms with Gasteiger partial charge in [-0.25, -0.2) is 0 Å². The molecule has 0 radical (unpaired) electrons. The van der Waals surface area contributed by atoms with Gasteiger partial charge < -0.3 is 17.7 Å². The zero-order valence-corrected chi connectivity index (χ0v) is 8.56. The van der Waals surface area contributed by atoms with E-state index in [-0.39, 0.29) is 6.61 Å². The second-order valence-electron chi connectivity index (χ2n) is 4.29. The highest BCUT2D eigenvalue weighted by atomic mass is 19.4. The molecule has 2 rings (SSSR count). The van der Waals surface area contributed by atoms with E-state index in [0.29, 0.717) is 5.56 Å². The molecule has 0 atom stereocenters. The number of halogens is 3. The second-order valence-corrected chi connectivity index (χ2v) is 4.29. The van der Waals surface area contributed by atoms with Crippen LogP contribution in [0.5, 0.6) is 0 Å². The van der Waals surface area contributed by atoms with E-state index in [9.17, 15) is 12.9 Å². The highest BCUT2D eigenvalue weighted by Crippen LogP contribution is 2.35. The van der Waals surface area contributed by atoms with Crippen LogP contribution in [0.25, 0.3) is 0 Å². The van der Waals surface area contributed by atoms with Crippen molar-refractivity contribution in [1.82, 2.24) is 0 Å². The summed E-state index contributed by atoms with van der Waals surface area (Å²) < 4.78 is 42.8. The molecule has 15 heavy (non-hydrogen) atoms. The van der Waals surface area contributed by atoms with Crippen molar-refractivity contribution < 1.29 is 17.7 Å². The highest BCUT2D eigenvalue weighted by molar-refractivity contribution is 6.73. The Balaban J connectivity index is 2.47. The molecule has 0 saturated carbocycles. The van der Waals surface area contributed by atoms with E-state index in [1.807, 2.05) is 13.8 Å². The summed E-state index contributed by atoms with van der Waals surface area (Å²) in [4.78, 5) is 0. The molecular formula is C10H11BF3O-.